The van der Waals surface area contributed by atoms with Crippen molar-refractivity contribution < 1.29 is 9.53 Å². The lowest BCUT2D eigenvalue weighted by Crippen LogP contribution is -2.23. The van der Waals surface area contributed by atoms with E-state index in [-0.39, 0.29) is 0 Å². The van der Waals surface area contributed by atoms with Crippen LogP contribution in [0.4, 0.5) is 0 Å². The second-order valence-corrected chi connectivity index (χ2v) is 4.22. The summed E-state index contributed by atoms with van der Waals surface area (Å²) in [5.41, 5.74) is 0. The van der Waals surface area contributed by atoms with Gasteiger partial charge >= 0.3 is 0 Å². The molecule has 1 heterocycles. The van der Waals surface area contributed by atoms with Crippen LogP contribution < -0.4 is 0 Å². The van der Waals surface area contributed by atoms with E-state index in [2.05, 4.69) is 4.90 Å². The van der Waals surface area contributed by atoms with E-state index in [1.165, 1.54) is 13.0 Å². The van der Waals surface area contributed by atoms with Crippen molar-refractivity contribution in [2.24, 2.45) is 5.92 Å². The highest BCUT2D eigenvalue weighted by Crippen LogP contribution is 2.16. The average Bonchev–Trinajstić information content (AvgIpc) is 2.53. The highest BCUT2D eigenvalue weighted by molar-refractivity contribution is 5.75. The molecule has 1 saturated heterocycles. The zero-order valence-electron chi connectivity index (χ0n) is 9.29. The molecule has 82 valence electrons. The SMILES string of the molecule is COCC1CCN(CCCC(C)=O)C1. The third-order valence-electron chi connectivity index (χ3n) is 2.78. The highest BCUT2D eigenvalue weighted by Gasteiger charge is 2.21. The van der Waals surface area contributed by atoms with E-state index in [9.17, 15) is 4.79 Å². The lowest BCUT2D eigenvalue weighted by Gasteiger charge is -2.14. The Labute approximate surface area is 86.4 Å². The zero-order valence-corrected chi connectivity index (χ0v) is 9.29. The van der Waals surface area contributed by atoms with Gasteiger partial charge in [0.1, 0.15) is 5.78 Å². The summed E-state index contributed by atoms with van der Waals surface area (Å²) in [4.78, 5) is 13.2. The Morgan fingerprint density at radius 2 is 2.36 bits per heavy atom. The number of carbonyl (C=O) groups excluding carboxylic acids is 1. The molecule has 0 N–H and O–H groups in total. The standard InChI is InChI=1S/C11H21NO2/c1-10(13)4-3-6-12-7-5-11(8-12)9-14-2/h11H,3-9H2,1-2H3. The van der Waals surface area contributed by atoms with Crippen LogP contribution in [0, 0.1) is 5.92 Å². The molecule has 1 unspecified atom stereocenters. The Hall–Kier alpha value is -0.410. The van der Waals surface area contributed by atoms with Crippen molar-refractivity contribution >= 4 is 5.78 Å². The predicted octanol–water partition coefficient (Wildman–Crippen LogP) is 1.32. The van der Waals surface area contributed by atoms with Gasteiger partial charge in [-0.15, -0.1) is 0 Å². The van der Waals surface area contributed by atoms with Gasteiger partial charge in [-0.2, -0.15) is 0 Å². The van der Waals surface area contributed by atoms with Gasteiger partial charge in [-0.3, -0.25) is 0 Å². The maximum absolute atomic E-state index is 10.7. The summed E-state index contributed by atoms with van der Waals surface area (Å²) in [7, 11) is 1.76. The van der Waals surface area contributed by atoms with Gasteiger partial charge in [0, 0.05) is 20.1 Å². The van der Waals surface area contributed by atoms with Crippen molar-refractivity contribution in [3.63, 3.8) is 0 Å². The smallest absolute Gasteiger partial charge is 0.129 e. The van der Waals surface area contributed by atoms with Crippen molar-refractivity contribution in [2.75, 3.05) is 33.4 Å². The molecule has 0 aromatic carbocycles. The van der Waals surface area contributed by atoms with Crippen LogP contribution in [-0.4, -0.2) is 44.0 Å². The third-order valence-corrected chi connectivity index (χ3v) is 2.78. The molecule has 0 saturated carbocycles. The van der Waals surface area contributed by atoms with Gasteiger partial charge in [-0.1, -0.05) is 0 Å². The van der Waals surface area contributed by atoms with Crippen molar-refractivity contribution in [3.8, 4) is 0 Å². The van der Waals surface area contributed by atoms with Gasteiger partial charge in [-0.05, 0) is 38.8 Å². The lowest BCUT2D eigenvalue weighted by molar-refractivity contribution is -0.117. The van der Waals surface area contributed by atoms with Gasteiger partial charge in [0.25, 0.3) is 0 Å². The molecular formula is C11H21NO2. The first kappa shape index (κ1) is 11.7. The molecule has 0 spiro atoms. The molecule has 0 aromatic heterocycles. The van der Waals surface area contributed by atoms with Crippen LogP contribution in [0.15, 0.2) is 0 Å². The van der Waals surface area contributed by atoms with E-state index < -0.39 is 0 Å². The van der Waals surface area contributed by atoms with E-state index in [0.29, 0.717) is 11.7 Å². The lowest BCUT2D eigenvalue weighted by atomic mass is 10.1. The maximum atomic E-state index is 10.7. The summed E-state index contributed by atoms with van der Waals surface area (Å²) in [5, 5.41) is 0. The number of Topliss-reactive ketones (excluding diaryl/α,β-unsaturated/α-hetero) is 1. The summed E-state index contributed by atoms with van der Waals surface area (Å²) in [6.45, 7) is 5.93. The minimum atomic E-state index is 0.303. The molecule has 3 heteroatoms. The molecule has 3 nitrogen and oxygen atoms in total. The first-order valence-electron chi connectivity index (χ1n) is 5.43. The Bertz CT molecular complexity index is 182. The van der Waals surface area contributed by atoms with Crippen LogP contribution in [0.5, 0.6) is 0 Å². The van der Waals surface area contributed by atoms with Gasteiger partial charge in [-0.25, -0.2) is 0 Å². The molecule has 0 aromatic rings. The number of nitrogens with zero attached hydrogens (tertiary/aromatic N) is 1. The molecule has 0 radical (unpaired) electrons. The van der Waals surface area contributed by atoms with Gasteiger partial charge in [0.05, 0.1) is 6.61 Å². The van der Waals surface area contributed by atoms with E-state index in [1.54, 1.807) is 14.0 Å². The Morgan fingerprint density at radius 3 is 3.00 bits per heavy atom. The number of hydrogen-bond acceptors (Lipinski definition) is 3. The van der Waals surface area contributed by atoms with Crippen LogP contribution in [0.25, 0.3) is 0 Å². The van der Waals surface area contributed by atoms with Crippen molar-refractivity contribution in [1.29, 1.82) is 0 Å². The molecule has 1 aliphatic heterocycles. The monoisotopic (exact) mass is 199 g/mol. The summed E-state index contributed by atoms with van der Waals surface area (Å²) < 4.78 is 5.14. The normalized spacial score (nSPS) is 22.9. The molecule has 1 atom stereocenters. The number of carbonyl (C=O) groups is 1. The van der Waals surface area contributed by atoms with Crippen molar-refractivity contribution in [1.82, 2.24) is 4.90 Å². The van der Waals surface area contributed by atoms with Gasteiger partial charge in [0.15, 0.2) is 0 Å². The van der Waals surface area contributed by atoms with Crippen LogP contribution in [-0.2, 0) is 9.53 Å². The van der Waals surface area contributed by atoms with Crippen LogP contribution in [0.2, 0.25) is 0 Å². The average molecular weight is 199 g/mol. The number of ketones is 1. The fraction of sp³-hybridized carbons (Fsp3) is 0.909. The first-order chi connectivity index (χ1) is 6.72. The summed E-state index contributed by atoms with van der Waals surface area (Å²) in [6.07, 6.45) is 2.98. The second kappa shape index (κ2) is 6.14. The molecular weight excluding hydrogens is 178 g/mol. The van der Waals surface area contributed by atoms with E-state index >= 15 is 0 Å². The maximum Gasteiger partial charge on any atom is 0.129 e. The minimum Gasteiger partial charge on any atom is -0.384 e. The van der Waals surface area contributed by atoms with E-state index in [0.717, 1.165) is 32.5 Å². The molecule has 14 heavy (non-hydrogen) atoms. The fourth-order valence-corrected chi connectivity index (χ4v) is 2.04. The number of likely N-dealkylation sites (tertiary alicyclic amines) is 1. The summed E-state index contributed by atoms with van der Waals surface area (Å²) in [6, 6.07) is 0. The summed E-state index contributed by atoms with van der Waals surface area (Å²) in [5.74, 6) is 1.01. The summed E-state index contributed by atoms with van der Waals surface area (Å²) >= 11 is 0. The Balaban J connectivity index is 2.07. The number of methoxy groups -OCH3 is 1. The number of hydrogen-bond donors (Lipinski definition) is 0. The molecule has 0 aliphatic carbocycles. The molecule has 1 aliphatic rings. The minimum absolute atomic E-state index is 0.303. The van der Waals surface area contributed by atoms with Gasteiger partial charge in [0.2, 0.25) is 0 Å². The number of rotatable bonds is 6. The highest BCUT2D eigenvalue weighted by atomic mass is 16.5. The van der Waals surface area contributed by atoms with Crippen LogP contribution in [0.3, 0.4) is 0 Å². The predicted molar refractivity (Wildman–Crippen MR) is 56.3 cm³/mol. The van der Waals surface area contributed by atoms with Crippen LogP contribution in [0.1, 0.15) is 26.2 Å². The first-order valence-corrected chi connectivity index (χ1v) is 5.43. The Morgan fingerprint density at radius 1 is 1.57 bits per heavy atom. The van der Waals surface area contributed by atoms with E-state index in [4.69, 9.17) is 4.74 Å². The fourth-order valence-electron chi connectivity index (χ4n) is 2.04. The van der Waals surface area contributed by atoms with E-state index in [1.807, 2.05) is 0 Å². The zero-order chi connectivity index (χ0) is 10.4. The molecule has 0 bridgehead atoms. The topological polar surface area (TPSA) is 29.5 Å². The number of ether oxygens (including phenoxy) is 1. The van der Waals surface area contributed by atoms with Crippen LogP contribution >= 0.6 is 0 Å². The largest absolute Gasteiger partial charge is 0.384 e. The molecule has 0 amide bonds. The van der Waals surface area contributed by atoms with Crippen molar-refractivity contribution in [3.05, 3.63) is 0 Å². The third kappa shape index (κ3) is 4.20. The molecule has 1 rings (SSSR count). The quantitative estimate of drug-likeness (QED) is 0.646. The molecule has 1 fully saturated rings. The second-order valence-electron chi connectivity index (χ2n) is 4.22. The Kier molecular flexibility index (Phi) is 5.12. The van der Waals surface area contributed by atoms with Crippen molar-refractivity contribution in [2.45, 2.75) is 26.2 Å². The van der Waals surface area contributed by atoms with Gasteiger partial charge < -0.3 is 14.4 Å².